The van der Waals surface area contributed by atoms with Gasteiger partial charge in [-0.2, -0.15) is 0 Å². The summed E-state index contributed by atoms with van der Waals surface area (Å²) in [7, 11) is -3.93. The second-order valence-electron chi connectivity index (χ2n) is 9.36. The number of nitrogens with one attached hydrogen (secondary N) is 2. The second-order valence-corrected chi connectivity index (χ2v) is 11.5. The number of hydrogen-bond donors (Lipinski definition) is 2. The number of nitrogens with zero attached hydrogens (tertiary/aromatic N) is 1. The Bertz CT molecular complexity index is 1620. The molecule has 0 saturated carbocycles. The number of amides is 2. The highest BCUT2D eigenvalue weighted by atomic mass is 35.5. The van der Waals surface area contributed by atoms with Gasteiger partial charge in [-0.25, -0.2) is 12.8 Å². The summed E-state index contributed by atoms with van der Waals surface area (Å²) in [6, 6.07) is 26.0. The summed E-state index contributed by atoms with van der Waals surface area (Å²) in [5.41, 5.74) is 1.80. The lowest BCUT2D eigenvalue weighted by molar-refractivity contribution is -0.142. The first kappa shape index (κ1) is 30.5. The number of hydrogen-bond acceptors (Lipinski definition) is 5. The number of rotatable bonds is 12. The molecule has 4 rings (SSSR count). The number of carbonyl (C=O) groups is 2. The van der Waals surface area contributed by atoms with Crippen molar-refractivity contribution >= 4 is 39.1 Å². The van der Waals surface area contributed by atoms with E-state index in [0.717, 1.165) is 23.3 Å². The summed E-state index contributed by atoms with van der Waals surface area (Å²) in [5.74, 6) is -1.01. The van der Waals surface area contributed by atoms with Gasteiger partial charge >= 0.3 is 0 Å². The molecule has 0 spiro atoms. The Kier molecular flexibility index (Phi) is 10.2. The summed E-state index contributed by atoms with van der Waals surface area (Å²) in [5, 5.41) is 3.36. The van der Waals surface area contributed by atoms with Crippen LogP contribution in [0, 0.1) is 5.82 Å². The molecule has 0 aliphatic rings. The zero-order valence-corrected chi connectivity index (χ0v) is 24.2. The molecule has 2 N–H and O–H groups in total. The van der Waals surface area contributed by atoms with Gasteiger partial charge in [0.25, 0.3) is 15.9 Å². The van der Waals surface area contributed by atoms with Crippen molar-refractivity contribution in [3.63, 3.8) is 0 Å². The van der Waals surface area contributed by atoms with Gasteiger partial charge in [-0.15, -0.1) is 0 Å². The summed E-state index contributed by atoms with van der Waals surface area (Å²) in [4.78, 5) is 27.7. The summed E-state index contributed by atoms with van der Waals surface area (Å²) >= 11 is 6.20. The van der Waals surface area contributed by atoms with E-state index in [1.54, 1.807) is 19.1 Å². The molecule has 4 aromatic rings. The van der Waals surface area contributed by atoms with Gasteiger partial charge in [0.05, 0.1) is 4.90 Å². The predicted molar refractivity (Wildman–Crippen MR) is 159 cm³/mol. The molecule has 11 heteroatoms. The van der Waals surface area contributed by atoms with Gasteiger partial charge in [0.15, 0.2) is 6.61 Å². The smallest absolute Gasteiger partial charge is 0.261 e. The Morgan fingerprint density at radius 1 is 0.905 bits per heavy atom. The highest BCUT2D eigenvalue weighted by molar-refractivity contribution is 7.92. The maximum Gasteiger partial charge on any atom is 0.261 e. The van der Waals surface area contributed by atoms with Crippen LogP contribution in [0.4, 0.5) is 10.1 Å². The zero-order valence-electron chi connectivity index (χ0n) is 22.7. The molecule has 0 fully saturated rings. The monoisotopic (exact) mass is 609 g/mol. The maximum absolute atomic E-state index is 13.3. The minimum atomic E-state index is -3.93. The average Bonchev–Trinajstić information content (AvgIpc) is 2.99. The Hall–Kier alpha value is -4.41. The second kappa shape index (κ2) is 14.0. The minimum absolute atomic E-state index is 0.0416. The molecule has 0 aliphatic heterocycles. The number of anilines is 1. The Morgan fingerprint density at radius 2 is 1.55 bits per heavy atom. The van der Waals surface area contributed by atoms with Crippen LogP contribution in [0.3, 0.4) is 0 Å². The van der Waals surface area contributed by atoms with Crippen LogP contribution in [0.5, 0.6) is 5.75 Å². The first-order chi connectivity index (χ1) is 20.1. The molecular weight excluding hydrogens is 581 g/mol. The average molecular weight is 610 g/mol. The lowest BCUT2D eigenvalue weighted by Gasteiger charge is -2.29. The third kappa shape index (κ3) is 8.31. The molecule has 2 amide bonds. The van der Waals surface area contributed by atoms with Crippen molar-refractivity contribution in [1.82, 2.24) is 10.2 Å². The SMILES string of the molecule is C[C@H](C(=O)NCc1ccccc1Cl)N(Cc1ccccc1)C(=O)COc1ccc(S(=O)(=O)Nc2ccc(F)cc2)cc1. The molecule has 42 heavy (non-hydrogen) atoms. The number of benzene rings is 4. The van der Waals surface area contributed by atoms with Crippen molar-refractivity contribution in [3.8, 4) is 5.75 Å². The number of sulfonamides is 1. The lowest BCUT2D eigenvalue weighted by Crippen LogP contribution is -2.48. The first-order valence-corrected chi connectivity index (χ1v) is 14.8. The number of halogens is 2. The minimum Gasteiger partial charge on any atom is -0.484 e. The molecule has 0 saturated heterocycles. The molecule has 0 radical (unpaired) electrons. The van der Waals surface area contributed by atoms with Gasteiger partial charge in [0, 0.05) is 23.8 Å². The summed E-state index contributed by atoms with van der Waals surface area (Å²) in [6.07, 6.45) is 0. The van der Waals surface area contributed by atoms with E-state index in [0.29, 0.717) is 5.02 Å². The molecule has 4 aromatic carbocycles. The Morgan fingerprint density at radius 3 is 2.21 bits per heavy atom. The standard InChI is InChI=1S/C31H29ClFN3O5S/c1-22(31(38)34-19-24-9-5-6-10-29(24)32)36(20-23-7-3-2-4-8-23)30(37)21-41-27-15-17-28(18-16-27)42(39,40)35-26-13-11-25(33)12-14-26/h2-18,22,35H,19-21H2,1H3,(H,34,38)/t22-/m1/s1. The molecule has 1 atom stereocenters. The lowest BCUT2D eigenvalue weighted by atomic mass is 10.1. The zero-order chi connectivity index (χ0) is 30.1. The van der Waals surface area contributed by atoms with Gasteiger partial charge < -0.3 is 15.0 Å². The van der Waals surface area contributed by atoms with Crippen LogP contribution in [-0.2, 0) is 32.7 Å². The van der Waals surface area contributed by atoms with Crippen molar-refractivity contribution in [2.75, 3.05) is 11.3 Å². The third-order valence-corrected chi connectivity index (χ3v) is 8.13. The summed E-state index contributed by atoms with van der Waals surface area (Å²) in [6.45, 7) is 1.64. The van der Waals surface area contributed by atoms with Crippen molar-refractivity contribution in [3.05, 3.63) is 125 Å². The molecule has 0 aliphatic carbocycles. The fourth-order valence-corrected chi connectivity index (χ4v) is 5.27. The predicted octanol–water partition coefficient (Wildman–Crippen LogP) is 5.39. The number of ether oxygens (including phenoxy) is 1. The fraction of sp³-hybridized carbons (Fsp3) is 0.161. The molecule has 0 heterocycles. The normalized spacial score (nSPS) is 11.8. The first-order valence-electron chi connectivity index (χ1n) is 13.0. The van der Waals surface area contributed by atoms with Crippen LogP contribution in [0.25, 0.3) is 0 Å². The van der Waals surface area contributed by atoms with E-state index in [4.69, 9.17) is 16.3 Å². The van der Waals surface area contributed by atoms with E-state index in [9.17, 15) is 22.4 Å². The highest BCUT2D eigenvalue weighted by Gasteiger charge is 2.26. The Balaban J connectivity index is 1.41. The van der Waals surface area contributed by atoms with Crippen molar-refractivity contribution in [2.24, 2.45) is 0 Å². The largest absolute Gasteiger partial charge is 0.484 e. The van der Waals surface area contributed by atoms with E-state index in [1.165, 1.54) is 41.3 Å². The molecule has 0 unspecified atom stereocenters. The Labute approximate surface area is 249 Å². The van der Waals surface area contributed by atoms with Gasteiger partial charge in [-0.3, -0.25) is 14.3 Å². The van der Waals surface area contributed by atoms with E-state index >= 15 is 0 Å². The number of carbonyl (C=O) groups excluding carboxylic acids is 2. The van der Waals surface area contributed by atoms with Gasteiger partial charge in [0.1, 0.15) is 17.6 Å². The molecule has 8 nitrogen and oxygen atoms in total. The van der Waals surface area contributed by atoms with E-state index in [1.807, 2.05) is 42.5 Å². The molecule has 0 bridgehead atoms. The van der Waals surface area contributed by atoms with Crippen LogP contribution in [0.2, 0.25) is 5.02 Å². The van der Waals surface area contributed by atoms with Gasteiger partial charge in [-0.1, -0.05) is 60.1 Å². The maximum atomic E-state index is 13.3. The fourth-order valence-electron chi connectivity index (χ4n) is 4.01. The summed E-state index contributed by atoms with van der Waals surface area (Å²) < 4.78 is 46.5. The highest BCUT2D eigenvalue weighted by Crippen LogP contribution is 2.20. The van der Waals surface area contributed by atoms with Crippen molar-refractivity contribution in [1.29, 1.82) is 0 Å². The van der Waals surface area contributed by atoms with Gasteiger partial charge in [0.2, 0.25) is 5.91 Å². The van der Waals surface area contributed by atoms with Crippen molar-refractivity contribution in [2.45, 2.75) is 31.0 Å². The van der Waals surface area contributed by atoms with Crippen LogP contribution in [-0.4, -0.2) is 37.8 Å². The molecule has 218 valence electrons. The van der Waals surface area contributed by atoms with E-state index in [2.05, 4.69) is 10.0 Å². The quantitative estimate of drug-likeness (QED) is 0.224. The van der Waals surface area contributed by atoms with Crippen LogP contribution >= 0.6 is 11.6 Å². The third-order valence-electron chi connectivity index (χ3n) is 6.37. The van der Waals surface area contributed by atoms with Crippen LogP contribution < -0.4 is 14.8 Å². The van der Waals surface area contributed by atoms with E-state index < -0.39 is 27.8 Å². The van der Waals surface area contributed by atoms with Crippen LogP contribution in [0.1, 0.15) is 18.1 Å². The van der Waals surface area contributed by atoms with Crippen LogP contribution in [0.15, 0.2) is 108 Å². The topological polar surface area (TPSA) is 105 Å². The molecular formula is C31H29ClFN3O5S. The molecule has 0 aromatic heterocycles. The van der Waals surface area contributed by atoms with Crippen molar-refractivity contribution < 1.29 is 27.1 Å². The van der Waals surface area contributed by atoms with Gasteiger partial charge in [-0.05, 0) is 72.6 Å². The van der Waals surface area contributed by atoms with E-state index in [-0.39, 0.29) is 41.9 Å².